The van der Waals surface area contributed by atoms with Crippen LogP contribution in [0.4, 0.5) is 18.9 Å². The molecule has 7 heteroatoms. The van der Waals surface area contributed by atoms with Gasteiger partial charge in [0, 0.05) is 25.2 Å². The molecule has 2 heterocycles. The van der Waals surface area contributed by atoms with Gasteiger partial charge in [0.2, 0.25) is 0 Å². The van der Waals surface area contributed by atoms with Gasteiger partial charge in [-0.25, -0.2) is 0 Å². The molecular formula is C18H18F3N3O. The fraction of sp³-hybridized carbons (Fsp3) is 0.333. The first-order valence-corrected chi connectivity index (χ1v) is 7.71. The fourth-order valence-corrected chi connectivity index (χ4v) is 3.30. The molecule has 0 saturated carbocycles. The molecule has 0 unspecified atom stereocenters. The molecule has 1 aromatic carbocycles. The first-order valence-electron chi connectivity index (χ1n) is 7.71. The molecule has 1 N–H and O–H groups in total. The van der Waals surface area contributed by atoms with E-state index in [-0.39, 0.29) is 0 Å². The van der Waals surface area contributed by atoms with Crippen LogP contribution in [0.1, 0.15) is 30.7 Å². The number of rotatable bonds is 1. The number of aromatic amines is 1. The Morgan fingerprint density at radius 3 is 2.44 bits per heavy atom. The number of fused-ring (bicyclic) bond motifs is 1. The molecule has 0 fully saturated rings. The molecule has 0 spiro atoms. The van der Waals surface area contributed by atoms with E-state index in [9.17, 15) is 18.0 Å². The smallest absolute Gasteiger partial charge is 0.341 e. The quantitative estimate of drug-likeness (QED) is 0.799. The Morgan fingerprint density at radius 2 is 1.84 bits per heavy atom. The van der Waals surface area contributed by atoms with Crippen molar-refractivity contribution < 1.29 is 13.2 Å². The van der Waals surface area contributed by atoms with E-state index in [4.69, 9.17) is 0 Å². The van der Waals surface area contributed by atoms with Gasteiger partial charge in [-0.15, -0.1) is 0 Å². The summed E-state index contributed by atoms with van der Waals surface area (Å²) in [4.78, 5) is 13.9. The summed E-state index contributed by atoms with van der Waals surface area (Å²) in [6, 6.07) is 7.76. The Hall–Kier alpha value is -2.66. The van der Waals surface area contributed by atoms with Crippen LogP contribution in [-0.2, 0) is 18.6 Å². The van der Waals surface area contributed by atoms with Gasteiger partial charge in [-0.05, 0) is 31.6 Å². The minimum absolute atomic E-state index is 0.429. The topological polar surface area (TPSA) is 41.0 Å². The van der Waals surface area contributed by atoms with Crippen molar-refractivity contribution in [3.8, 4) is 0 Å². The highest BCUT2D eigenvalue weighted by molar-refractivity contribution is 5.70. The zero-order chi connectivity index (χ0) is 18.6. The maximum atomic E-state index is 13.1. The molecule has 0 radical (unpaired) electrons. The molecule has 4 nitrogen and oxygen atoms in total. The third kappa shape index (κ3) is 2.61. The van der Waals surface area contributed by atoms with Crippen LogP contribution in [0.3, 0.4) is 0 Å². The minimum atomic E-state index is -4.64. The van der Waals surface area contributed by atoms with Gasteiger partial charge < -0.3 is 4.90 Å². The Bertz CT molecular complexity index is 957. The van der Waals surface area contributed by atoms with E-state index >= 15 is 0 Å². The lowest BCUT2D eigenvalue weighted by atomic mass is 9.84. The molecule has 0 bridgehead atoms. The lowest BCUT2D eigenvalue weighted by molar-refractivity contribution is -0.141. The maximum absolute atomic E-state index is 13.1. The van der Waals surface area contributed by atoms with E-state index in [0.717, 1.165) is 22.0 Å². The van der Waals surface area contributed by atoms with E-state index in [1.807, 2.05) is 50.1 Å². The molecule has 25 heavy (non-hydrogen) atoms. The summed E-state index contributed by atoms with van der Waals surface area (Å²) in [7, 11) is 3.09. The van der Waals surface area contributed by atoms with Gasteiger partial charge in [0.15, 0.2) is 0 Å². The van der Waals surface area contributed by atoms with Crippen molar-refractivity contribution in [3.63, 3.8) is 0 Å². The van der Waals surface area contributed by atoms with E-state index < -0.39 is 28.4 Å². The lowest BCUT2D eigenvalue weighted by Gasteiger charge is -2.21. The molecular weight excluding hydrogens is 331 g/mol. The number of anilines is 1. The van der Waals surface area contributed by atoms with E-state index in [1.54, 1.807) is 0 Å². The van der Waals surface area contributed by atoms with E-state index in [1.165, 1.54) is 7.05 Å². The summed E-state index contributed by atoms with van der Waals surface area (Å²) in [5.74, 6) is 0. The zero-order valence-electron chi connectivity index (χ0n) is 14.3. The number of para-hydroxylation sites is 1. The third-order valence-electron chi connectivity index (χ3n) is 4.59. The van der Waals surface area contributed by atoms with Crippen LogP contribution in [0.25, 0.3) is 6.08 Å². The van der Waals surface area contributed by atoms with Crippen LogP contribution in [-0.4, -0.2) is 16.8 Å². The number of alkyl halides is 3. The summed E-state index contributed by atoms with van der Waals surface area (Å²) in [5.41, 5.74) is 2.99. The molecule has 1 aromatic heterocycles. The number of halogens is 3. The lowest BCUT2D eigenvalue weighted by Crippen LogP contribution is -2.22. The zero-order valence-corrected chi connectivity index (χ0v) is 14.3. The van der Waals surface area contributed by atoms with Crippen LogP contribution in [0, 0.1) is 0 Å². The number of nitrogens with zero attached hydrogens (tertiary/aromatic N) is 2. The van der Waals surface area contributed by atoms with Crippen LogP contribution >= 0.6 is 0 Å². The number of nitrogens with one attached hydrogen (secondary N) is 1. The number of benzene rings is 1. The van der Waals surface area contributed by atoms with Crippen molar-refractivity contribution >= 4 is 11.8 Å². The largest absolute Gasteiger partial charge is 0.433 e. The van der Waals surface area contributed by atoms with Gasteiger partial charge >= 0.3 is 6.18 Å². The molecule has 2 aromatic rings. The summed E-state index contributed by atoms with van der Waals surface area (Å²) >= 11 is 0. The fourth-order valence-electron chi connectivity index (χ4n) is 3.30. The van der Waals surface area contributed by atoms with Crippen molar-refractivity contribution in [3.05, 3.63) is 62.9 Å². The second-order valence-corrected chi connectivity index (χ2v) is 6.60. The number of likely N-dealkylation sites (N-methyl/N-ethyl adjacent to an activating group) is 1. The monoisotopic (exact) mass is 349 g/mol. The molecule has 132 valence electrons. The van der Waals surface area contributed by atoms with Crippen LogP contribution in [0.5, 0.6) is 0 Å². The number of allylic oxidation sites excluding steroid dienone is 1. The first-order chi connectivity index (χ1) is 11.5. The van der Waals surface area contributed by atoms with Gasteiger partial charge in [-0.1, -0.05) is 23.9 Å². The van der Waals surface area contributed by atoms with Gasteiger partial charge in [0.25, 0.3) is 5.56 Å². The highest BCUT2D eigenvalue weighted by atomic mass is 19.4. The Balaban J connectivity index is 2.19. The van der Waals surface area contributed by atoms with Crippen LogP contribution in [0.15, 0.2) is 40.5 Å². The van der Waals surface area contributed by atoms with Gasteiger partial charge in [-0.2, -0.15) is 13.2 Å². The summed E-state index contributed by atoms with van der Waals surface area (Å²) in [6.45, 7) is 3.96. The molecule has 1 aliphatic heterocycles. The second kappa shape index (κ2) is 5.43. The number of aromatic nitrogens is 2. The number of hydrogen-bond acceptors (Lipinski definition) is 2. The predicted octanol–water partition coefficient (Wildman–Crippen LogP) is 3.66. The summed E-state index contributed by atoms with van der Waals surface area (Å²) in [6.07, 6.45) is -3.51. The van der Waals surface area contributed by atoms with Crippen molar-refractivity contribution in [2.24, 2.45) is 7.05 Å². The molecule has 3 rings (SSSR count). The molecule has 0 saturated heterocycles. The Labute approximate surface area is 142 Å². The normalized spacial score (nSPS) is 16.0. The molecule has 0 aliphatic carbocycles. The summed E-state index contributed by atoms with van der Waals surface area (Å²) < 4.78 is 40.2. The first kappa shape index (κ1) is 17.2. The van der Waals surface area contributed by atoms with Crippen LogP contribution in [0.2, 0.25) is 0 Å². The highest BCUT2D eigenvalue weighted by Gasteiger charge is 2.39. The van der Waals surface area contributed by atoms with Crippen molar-refractivity contribution in [2.45, 2.75) is 25.4 Å². The Morgan fingerprint density at radius 1 is 1.20 bits per heavy atom. The van der Waals surface area contributed by atoms with E-state index in [2.05, 4.69) is 10.8 Å². The second-order valence-electron chi connectivity index (χ2n) is 6.60. The SMILES string of the molecule is CN1C(=C=Cc2c(C(F)(F)F)[nH]n(C)c2=O)C(C)(C)c2ccccc21. The van der Waals surface area contributed by atoms with Crippen molar-refractivity contribution in [1.29, 1.82) is 0 Å². The average molecular weight is 349 g/mol. The Kier molecular flexibility index (Phi) is 3.73. The van der Waals surface area contributed by atoms with Crippen LogP contribution < -0.4 is 10.5 Å². The third-order valence-corrected chi connectivity index (χ3v) is 4.59. The highest BCUT2D eigenvalue weighted by Crippen LogP contribution is 2.46. The van der Waals surface area contributed by atoms with Gasteiger partial charge in [0.1, 0.15) is 5.69 Å². The minimum Gasteiger partial charge on any atom is -0.341 e. The maximum Gasteiger partial charge on any atom is 0.433 e. The van der Waals surface area contributed by atoms with Crippen molar-refractivity contribution in [1.82, 2.24) is 9.78 Å². The predicted molar refractivity (Wildman–Crippen MR) is 90.4 cm³/mol. The molecule has 0 atom stereocenters. The molecule has 0 amide bonds. The van der Waals surface area contributed by atoms with Gasteiger partial charge in [-0.3, -0.25) is 14.6 Å². The molecule has 1 aliphatic rings. The van der Waals surface area contributed by atoms with Gasteiger partial charge in [0.05, 0.1) is 11.3 Å². The number of H-pyrrole nitrogens is 1. The van der Waals surface area contributed by atoms with Crippen molar-refractivity contribution in [2.75, 3.05) is 11.9 Å². The number of hydrogen-bond donors (Lipinski definition) is 1. The standard InChI is InChI=1S/C18H18F3N3O/c1-17(2)12-7-5-6-8-13(12)23(3)14(17)10-9-11-15(18(19,20)21)22-24(4)16(11)25/h5-9,22H,1-4H3. The summed E-state index contributed by atoms with van der Waals surface area (Å²) in [5, 5.41) is 2.06. The average Bonchev–Trinajstić information content (AvgIpc) is 2.92. The number of aryl methyl sites for hydroxylation is 1. The van der Waals surface area contributed by atoms with E-state index in [0.29, 0.717) is 5.70 Å².